The van der Waals surface area contributed by atoms with Crippen molar-refractivity contribution in [3.63, 3.8) is 0 Å². The number of hydrogen-bond acceptors (Lipinski definition) is 9. The first-order valence-electron chi connectivity index (χ1n) is 20.1. The number of halogens is 1. The van der Waals surface area contributed by atoms with Crippen LogP contribution in [0.1, 0.15) is 113 Å². The molecule has 318 valence electrons. The first-order chi connectivity index (χ1) is 26.9. The molecule has 2 saturated heterocycles. The Labute approximate surface area is 348 Å². The van der Waals surface area contributed by atoms with Gasteiger partial charge in [0.2, 0.25) is 5.91 Å². The van der Waals surface area contributed by atoms with E-state index < -0.39 is 29.7 Å². The molecule has 0 saturated carbocycles. The molecule has 0 aromatic heterocycles. The topological polar surface area (TPSA) is 161 Å². The van der Waals surface area contributed by atoms with E-state index in [1.807, 2.05) is 49.9 Å². The molecule has 2 heterocycles. The van der Waals surface area contributed by atoms with Gasteiger partial charge in [-0.1, -0.05) is 67.4 Å². The third-order valence-corrected chi connectivity index (χ3v) is 11.8. The predicted molar refractivity (Wildman–Crippen MR) is 227 cm³/mol. The van der Waals surface area contributed by atoms with E-state index >= 15 is 0 Å². The number of nitrogens with one attached hydrogen (secondary N) is 4. The van der Waals surface area contributed by atoms with E-state index in [0.717, 1.165) is 41.7 Å². The Morgan fingerprint density at radius 3 is 2.51 bits per heavy atom. The molecule has 3 aliphatic rings. The second-order valence-corrected chi connectivity index (χ2v) is 18.4. The zero-order valence-electron chi connectivity index (χ0n) is 35.1. The molecular formula is C43H65ClN4O8S. The minimum atomic E-state index is -0.892. The monoisotopic (exact) mass is 832 g/mol. The van der Waals surface area contributed by atoms with Gasteiger partial charge >= 0.3 is 24.1 Å². The fourth-order valence-electron chi connectivity index (χ4n) is 7.24. The number of amides is 4. The summed E-state index contributed by atoms with van der Waals surface area (Å²) in [6.07, 6.45) is 16.7. The lowest BCUT2D eigenvalue weighted by atomic mass is 9.71. The largest absolute Gasteiger partial charge is 0.461 e. The maximum absolute atomic E-state index is 13.6. The van der Waals surface area contributed by atoms with E-state index in [1.54, 1.807) is 20.8 Å². The third kappa shape index (κ3) is 17.4. The van der Waals surface area contributed by atoms with Crippen LogP contribution in [0.3, 0.4) is 0 Å². The summed E-state index contributed by atoms with van der Waals surface area (Å²) in [6.45, 7) is 16.2. The van der Waals surface area contributed by atoms with Gasteiger partial charge < -0.3 is 35.5 Å². The number of rotatable bonds is 20. The number of allylic oxidation sites excluding steroid dienone is 8. The van der Waals surface area contributed by atoms with Gasteiger partial charge in [0.1, 0.15) is 30.2 Å². The molecule has 12 nitrogen and oxygen atoms in total. The predicted octanol–water partition coefficient (Wildman–Crippen LogP) is 7.73. The maximum Gasteiger partial charge on any atom is 0.408 e. The number of unbranched alkanes of at least 4 members (excludes halogenated alkanes) is 2. The van der Waals surface area contributed by atoms with E-state index in [1.165, 1.54) is 5.57 Å². The van der Waals surface area contributed by atoms with Crippen molar-refractivity contribution in [2.45, 2.75) is 148 Å². The number of hydrogen-bond donors (Lipinski definition) is 4. The second-order valence-electron chi connectivity index (χ2n) is 16.8. The maximum atomic E-state index is 13.6. The molecule has 1 aliphatic carbocycles. The minimum Gasteiger partial charge on any atom is -0.461 e. The Bertz CT molecular complexity index is 1580. The van der Waals surface area contributed by atoms with Gasteiger partial charge in [-0.15, -0.1) is 11.6 Å². The molecule has 5 atom stereocenters. The summed E-state index contributed by atoms with van der Waals surface area (Å²) in [5.74, 6) is -0.194. The summed E-state index contributed by atoms with van der Waals surface area (Å²) < 4.78 is 16.5. The number of esters is 2. The first kappa shape index (κ1) is 47.7. The van der Waals surface area contributed by atoms with Gasteiger partial charge in [-0.2, -0.15) is 11.8 Å². The average Bonchev–Trinajstić information content (AvgIpc) is 3.66. The van der Waals surface area contributed by atoms with E-state index in [2.05, 4.69) is 54.2 Å². The zero-order valence-corrected chi connectivity index (χ0v) is 36.7. The molecule has 0 spiro atoms. The van der Waals surface area contributed by atoms with Crippen LogP contribution < -0.4 is 21.3 Å². The normalized spacial score (nSPS) is 22.9. The average molecular weight is 834 g/mol. The molecule has 4 amide bonds. The zero-order chi connectivity index (χ0) is 42.2. The standard InChI is InChI=1S/C43H65ClN4O8S/c1-28(14-13-15-29(2)21-23-54-37(50)26-44)19-20-32-30(3)24-31(25-43(32,7)8)55-39(51)33(47-41(53)56-42(4,5)6)16-11-12-22-45-36(49)18-10-9-17-35-38-34(27-57-35)46-40(52)48-38/h13-15,19-21,31,33-35,38H,9-12,16-18,22-27H2,1-8H3,(H,45,49)(H,47,53)(H2,46,48,52)/b15-13+,20-19+,28-14+,29-21+/t31?,33-,34-,35-,38-/m0/s1. The molecular weight excluding hydrogens is 768 g/mol. The molecule has 14 heteroatoms. The van der Waals surface area contributed by atoms with Crippen LogP contribution in [0, 0.1) is 5.41 Å². The number of alkyl carbamates (subject to hydrolysis) is 1. The molecule has 0 radical (unpaired) electrons. The van der Waals surface area contributed by atoms with Gasteiger partial charge in [-0.25, -0.2) is 14.4 Å². The number of ether oxygens (including phenoxy) is 3. The molecule has 0 aromatic rings. The van der Waals surface area contributed by atoms with Gasteiger partial charge in [-0.05, 0) is 97.1 Å². The highest BCUT2D eigenvalue weighted by atomic mass is 35.5. The first-order valence-corrected chi connectivity index (χ1v) is 21.7. The van der Waals surface area contributed by atoms with Gasteiger partial charge in [0.15, 0.2) is 0 Å². The lowest BCUT2D eigenvalue weighted by Gasteiger charge is -2.38. The second kappa shape index (κ2) is 23.0. The smallest absolute Gasteiger partial charge is 0.408 e. The van der Waals surface area contributed by atoms with Crippen LogP contribution in [0.2, 0.25) is 0 Å². The molecule has 0 aromatic carbocycles. The fraction of sp³-hybridized carbons (Fsp3) is 0.651. The summed E-state index contributed by atoms with van der Waals surface area (Å²) in [7, 11) is 0. The summed E-state index contributed by atoms with van der Waals surface area (Å²) >= 11 is 7.33. The quantitative estimate of drug-likeness (QED) is 0.0240. The van der Waals surface area contributed by atoms with Crippen LogP contribution in [0.15, 0.2) is 58.7 Å². The van der Waals surface area contributed by atoms with Crippen LogP contribution >= 0.6 is 23.4 Å². The fourth-order valence-corrected chi connectivity index (χ4v) is 8.86. The van der Waals surface area contributed by atoms with E-state index in [9.17, 15) is 24.0 Å². The van der Waals surface area contributed by atoms with E-state index in [4.69, 9.17) is 25.8 Å². The highest BCUT2D eigenvalue weighted by Crippen LogP contribution is 2.42. The van der Waals surface area contributed by atoms with Gasteiger partial charge in [0.25, 0.3) is 0 Å². The number of carbonyl (C=O) groups is 5. The minimum absolute atomic E-state index is 0.00442. The van der Waals surface area contributed by atoms with Crippen molar-refractivity contribution in [1.82, 2.24) is 21.3 Å². The summed E-state index contributed by atoms with van der Waals surface area (Å²) in [4.78, 5) is 61.7. The van der Waals surface area contributed by atoms with Crippen LogP contribution in [-0.2, 0) is 28.6 Å². The lowest BCUT2D eigenvalue weighted by Crippen LogP contribution is -2.46. The molecule has 2 aliphatic heterocycles. The molecule has 1 unspecified atom stereocenters. The molecule has 57 heavy (non-hydrogen) atoms. The SMILES string of the molecule is CC1=C(/C=C/C(C)=C/C=C/C(C)=C/COC(=O)CCl)C(C)(C)CC(OC(=O)[C@H](CCCCNC(=O)CCCC[C@@H]2SC[C@@H]3NC(=O)N[C@@H]32)NC(=O)OC(C)(C)C)C1. The Kier molecular flexibility index (Phi) is 19.3. The van der Waals surface area contributed by atoms with Crippen LogP contribution in [0.4, 0.5) is 9.59 Å². The number of fused-ring (bicyclic) bond motifs is 1. The Balaban J connectivity index is 1.48. The number of urea groups is 1. The third-order valence-electron chi connectivity index (χ3n) is 10.0. The lowest BCUT2D eigenvalue weighted by molar-refractivity contribution is -0.153. The van der Waals surface area contributed by atoms with Crippen molar-refractivity contribution in [3.8, 4) is 0 Å². The van der Waals surface area contributed by atoms with Crippen molar-refractivity contribution >= 4 is 53.3 Å². The number of alkyl halides is 1. The van der Waals surface area contributed by atoms with Crippen molar-refractivity contribution in [3.05, 3.63) is 58.7 Å². The van der Waals surface area contributed by atoms with E-state index in [0.29, 0.717) is 50.3 Å². The van der Waals surface area contributed by atoms with Crippen LogP contribution in [0.25, 0.3) is 0 Å². The van der Waals surface area contributed by atoms with Gasteiger partial charge in [0.05, 0.1) is 12.1 Å². The highest BCUT2D eigenvalue weighted by molar-refractivity contribution is 8.00. The summed E-state index contributed by atoms with van der Waals surface area (Å²) in [5, 5.41) is 12.1. The Hall–Kier alpha value is -3.71. The summed E-state index contributed by atoms with van der Waals surface area (Å²) in [5.41, 5.74) is 3.34. The van der Waals surface area contributed by atoms with Crippen molar-refractivity contribution in [1.29, 1.82) is 0 Å². The molecule has 4 N–H and O–H groups in total. The Morgan fingerprint density at radius 1 is 1.05 bits per heavy atom. The molecule has 2 fully saturated rings. The number of carbonyl (C=O) groups excluding carboxylic acids is 5. The Morgan fingerprint density at radius 2 is 1.81 bits per heavy atom. The number of thioether (sulfide) groups is 1. The van der Waals surface area contributed by atoms with Gasteiger partial charge in [-0.3, -0.25) is 9.59 Å². The van der Waals surface area contributed by atoms with Crippen molar-refractivity contribution in [2.24, 2.45) is 5.41 Å². The van der Waals surface area contributed by atoms with Crippen LogP contribution in [-0.4, -0.2) is 89.8 Å². The van der Waals surface area contributed by atoms with Crippen molar-refractivity contribution < 1.29 is 38.2 Å². The van der Waals surface area contributed by atoms with Gasteiger partial charge in [0, 0.05) is 30.4 Å². The van der Waals surface area contributed by atoms with Crippen molar-refractivity contribution in [2.75, 3.05) is 24.8 Å². The summed E-state index contributed by atoms with van der Waals surface area (Å²) in [6, 6.07) is -0.599. The van der Waals surface area contributed by atoms with Crippen LogP contribution in [0.5, 0.6) is 0 Å². The highest BCUT2D eigenvalue weighted by Gasteiger charge is 2.42. The molecule has 3 rings (SSSR count). The molecule has 0 bridgehead atoms. The van der Waals surface area contributed by atoms with E-state index in [-0.39, 0.29) is 48.0 Å².